The molecule has 2 aromatic rings. The summed E-state index contributed by atoms with van der Waals surface area (Å²) in [4.78, 5) is 23.6. The van der Waals surface area contributed by atoms with Crippen molar-refractivity contribution in [2.24, 2.45) is 18.4 Å². The van der Waals surface area contributed by atoms with Crippen LogP contribution < -0.4 is 11.0 Å². The average molecular weight is 320 g/mol. The summed E-state index contributed by atoms with van der Waals surface area (Å²) < 4.78 is 2.42. The van der Waals surface area contributed by atoms with E-state index in [0.717, 1.165) is 16.8 Å². The molecule has 8 nitrogen and oxygen atoms in total. The summed E-state index contributed by atoms with van der Waals surface area (Å²) in [6, 6.07) is 1.82. The van der Waals surface area contributed by atoms with Crippen LogP contribution in [0.3, 0.4) is 0 Å². The Balaban J connectivity index is 1.95. The van der Waals surface area contributed by atoms with Gasteiger partial charge in [0.15, 0.2) is 5.82 Å². The third kappa shape index (κ3) is 4.30. The van der Waals surface area contributed by atoms with Gasteiger partial charge in [0.1, 0.15) is 12.9 Å². The molecule has 1 atom stereocenters. The number of rotatable bonds is 5. The van der Waals surface area contributed by atoms with Gasteiger partial charge in [0.05, 0.1) is 0 Å². The topological polar surface area (TPSA) is 97.6 Å². The Hall–Kier alpha value is -2.38. The first-order valence-electron chi connectivity index (χ1n) is 7.59. The van der Waals surface area contributed by atoms with E-state index in [4.69, 9.17) is 0 Å². The molecular formula is C15H24N6O2. The molecule has 1 amide bonds. The summed E-state index contributed by atoms with van der Waals surface area (Å²) in [5, 5.41) is 13.5. The number of nitrogens with one attached hydrogen (secondary N) is 2. The van der Waals surface area contributed by atoms with E-state index in [0.29, 0.717) is 11.7 Å². The van der Waals surface area contributed by atoms with Crippen molar-refractivity contribution in [1.29, 1.82) is 0 Å². The van der Waals surface area contributed by atoms with E-state index >= 15 is 0 Å². The van der Waals surface area contributed by atoms with Crippen LogP contribution in [0, 0.1) is 11.3 Å². The fraction of sp³-hybridized carbons (Fsp3) is 0.600. The minimum absolute atomic E-state index is 0.139. The number of carbonyl (C=O) groups excluding carboxylic acids is 1. The second kappa shape index (κ2) is 6.39. The van der Waals surface area contributed by atoms with Crippen molar-refractivity contribution in [2.75, 3.05) is 5.32 Å². The Labute approximate surface area is 134 Å². The van der Waals surface area contributed by atoms with Crippen molar-refractivity contribution in [1.82, 2.24) is 24.5 Å². The second-order valence-corrected chi connectivity index (χ2v) is 6.98. The molecule has 8 heteroatoms. The molecule has 0 aliphatic heterocycles. The highest BCUT2D eigenvalue weighted by atomic mass is 16.2. The summed E-state index contributed by atoms with van der Waals surface area (Å²) >= 11 is 0. The lowest BCUT2D eigenvalue weighted by molar-refractivity contribution is -0.117. The summed E-state index contributed by atoms with van der Waals surface area (Å²) in [6.45, 7) is 8.64. The molecule has 126 valence electrons. The number of anilines is 1. The first-order chi connectivity index (χ1) is 10.7. The van der Waals surface area contributed by atoms with Gasteiger partial charge in [-0.25, -0.2) is 9.48 Å². The van der Waals surface area contributed by atoms with Crippen LogP contribution in [0.15, 0.2) is 17.2 Å². The highest BCUT2D eigenvalue weighted by Gasteiger charge is 2.21. The van der Waals surface area contributed by atoms with Crippen LogP contribution in [0.1, 0.15) is 33.4 Å². The first-order valence-corrected chi connectivity index (χ1v) is 7.59. The predicted octanol–water partition coefficient (Wildman–Crippen LogP) is 1.17. The molecule has 0 bridgehead atoms. The van der Waals surface area contributed by atoms with Crippen molar-refractivity contribution in [3.05, 3.63) is 28.6 Å². The Kier molecular flexibility index (Phi) is 4.72. The van der Waals surface area contributed by atoms with Crippen molar-refractivity contribution < 1.29 is 4.79 Å². The van der Waals surface area contributed by atoms with Crippen LogP contribution in [-0.2, 0) is 24.8 Å². The number of hydrogen-bond acceptors (Lipinski definition) is 4. The Morgan fingerprint density at radius 1 is 1.43 bits per heavy atom. The van der Waals surface area contributed by atoms with E-state index in [-0.39, 0.29) is 23.6 Å². The molecule has 0 saturated heterocycles. The van der Waals surface area contributed by atoms with Gasteiger partial charge in [-0.05, 0) is 17.8 Å². The first kappa shape index (κ1) is 17.0. The number of amides is 1. The molecule has 0 saturated carbocycles. The number of aryl methyl sites for hydroxylation is 1. The van der Waals surface area contributed by atoms with E-state index < -0.39 is 0 Å². The van der Waals surface area contributed by atoms with E-state index in [1.165, 1.54) is 10.9 Å². The molecule has 2 heterocycles. The summed E-state index contributed by atoms with van der Waals surface area (Å²) in [5.41, 5.74) is 0.842. The second-order valence-electron chi connectivity index (χ2n) is 6.98. The molecule has 0 spiro atoms. The number of H-pyrrole nitrogens is 1. The molecule has 0 aliphatic carbocycles. The molecule has 0 radical (unpaired) electrons. The lowest BCUT2D eigenvalue weighted by atomic mass is 9.79. The molecular weight excluding hydrogens is 296 g/mol. The van der Waals surface area contributed by atoms with E-state index in [1.807, 2.05) is 6.07 Å². The standard InChI is InChI=1S/C15H24N6O2/c1-10(15(2,3)4)6-11-7-12(19-18-11)17-13(22)8-21-14(23)20(5)9-16-21/h7,9-10H,6,8H2,1-5H3,(H2,17,18,19,22)/t10-/m0/s1. The SMILES string of the molecule is C[C@@H](Cc1cc(NC(=O)Cn2ncn(C)c2=O)n[nH]1)C(C)(C)C. The van der Waals surface area contributed by atoms with Gasteiger partial charge in [-0.1, -0.05) is 27.7 Å². The summed E-state index contributed by atoms with van der Waals surface area (Å²) in [5.74, 6) is 0.585. The summed E-state index contributed by atoms with van der Waals surface area (Å²) in [6.07, 6.45) is 2.22. The monoisotopic (exact) mass is 320 g/mol. The Bertz CT molecular complexity index is 734. The zero-order valence-electron chi connectivity index (χ0n) is 14.3. The molecule has 0 fully saturated rings. The number of nitrogens with zero attached hydrogens (tertiary/aromatic N) is 4. The highest BCUT2D eigenvalue weighted by molar-refractivity contribution is 5.89. The third-order valence-corrected chi connectivity index (χ3v) is 4.08. The Morgan fingerprint density at radius 2 is 2.13 bits per heavy atom. The maximum atomic E-state index is 12.0. The lowest BCUT2D eigenvalue weighted by Gasteiger charge is -2.26. The van der Waals surface area contributed by atoms with Crippen LogP contribution in [0.25, 0.3) is 0 Å². The summed E-state index contributed by atoms with van der Waals surface area (Å²) in [7, 11) is 1.58. The molecule has 0 unspecified atom stereocenters. The molecule has 2 rings (SSSR count). The number of aromatic amines is 1. The van der Waals surface area contributed by atoms with Crippen LogP contribution >= 0.6 is 0 Å². The fourth-order valence-corrected chi connectivity index (χ4v) is 2.01. The normalized spacial score (nSPS) is 13.1. The molecule has 0 aromatic carbocycles. The predicted molar refractivity (Wildman–Crippen MR) is 87.0 cm³/mol. The van der Waals surface area contributed by atoms with Gasteiger partial charge in [0.25, 0.3) is 0 Å². The smallest absolute Gasteiger partial charge is 0.308 e. The average Bonchev–Trinajstić information content (AvgIpc) is 2.99. The van der Waals surface area contributed by atoms with Gasteiger partial charge in [-0.3, -0.25) is 14.5 Å². The van der Waals surface area contributed by atoms with Gasteiger partial charge in [-0.2, -0.15) is 10.2 Å². The van der Waals surface area contributed by atoms with Crippen LogP contribution in [0.4, 0.5) is 5.82 Å². The highest BCUT2D eigenvalue weighted by Crippen LogP contribution is 2.28. The van der Waals surface area contributed by atoms with Gasteiger partial charge >= 0.3 is 5.69 Å². The molecule has 23 heavy (non-hydrogen) atoms. The largest absolute Gasteiger partial charge is 0.345 e. The zero-order chi connectivity index (χ0) is 17.2. The molecule has 2 N–H and O–H groups in total. The fourth-order valence-electron chi connectivity index (χ4n) is 2.01. The van der Waals surface area contributed by atoms with Gasteiger partial charge in [-0.15, -0.1) is 0 Å². The minimum Gasteiger partial charge on any atom is -0.308 e. The molecule has 0 aliphatic rings. The van der Waals surface area contributed by atoms with Gasteiger partial charge in [0, 0.05) is 18.8 Å². The third-order valence-electron chi connectivity index (χ3n) is 4.08. The van der Waals surface area contributed by atoms with Gasteiger partial charge in [0.2, 0.25) is 5.91 Å². The minimum atomic E-state index is -0.340. The van der Waals surface area contributed by atoms with Crippen LogP contribution in [0.5, 0.6) is 0 Å². The van der Waals surface area contributed by atoms with Crippen LogP contribution in [-0.4, -0.2) is 30.5 Å². The lowest BCUT2D eigenvalue weighted by Crippen LogP contribution is -2.29. The van der Waals surface area contributed by atoms with Crippen molar-refractivity contribution in [2.45, 2.75) is 40.7 Å². The number of carbonyl (C=O) groups is 1. The quantitative estimate of drug-likeness (QED) is 0.864. The Morgan fingerprint density at radius 3 is 2.70 bits per heavy atom. The van der Waals surface area contributed by atoms with Crippen molar-refractivity contribution >= 4 is 11.7 Å². The van der Waals surface area contributed by atoms with E-state index in [1.54, 1.807) is 7.05 Å². The van der Waals surface area contributed by atoms with Gasteiger partial charge < -0.3 is 5.32 Å². The maximum absolute atomic E-state index is 12.0. The van der Waals surface area contributed by atoms with E-state index in [9.17, 15) is 9.59 Å². The van der Waals surface area contributed by atoms with E-state index in [2.05, 4.69) is 48.3 Å². The number of aromatic nitrogens is 5. The van der Waals surface area contributed by atoms with Crippen molar-refractivity contribution in [3.63, 3.8) is 0 Å². The maximum Gasteiger partial charge on any atom is 0.345 e. The van der Waals surface area contributed by atoms with Crippen molar-refractivity contribution in [3.8, 4) is 0 Å². The molecule has 2 aromatic heterocycles. The number of hydrogen-bond donors (Lipinski definition) is 2. The zero-order valence-corrected chi connectivity index (χ0v) is 14.3. The van der Waals surface area contributed by atoms with Crippen LogP contribution in [0.2, 0.25) is 0 Å².